The molecule has 1 aromatic heterocycles. The lowest BCUT2D eigenvalue weighted by atomic mass is 10.4. The molecular formula is C11H12FN3O2S. The number of hydrogen-bond donors (Lipinski definition) is 0. The molecule has 0 fully saturated rings. The summed E-state index contributed by atoms with van der Waals surface area (Å²) < 4.78 is 38.4. The van der Waals surface area contributed by atoms with Crippen molar-refractivity contribution in [2.75, 3.05) is 0 Å². The van der Waals surface area contributed by atoms with Crippen LogP contribution < -0.4 is 0 Å². The third kappa shape index (κ3) is 2.56. The topological polar surface area (TPSA) is 64.8 Å². The second-order valence-corrected chi connectivity index (χ2v) is 5.69. The molecule has 0 bridgehead atoms. The highest BCUT2D eigenvalue weighted by Gasteiger charge is 2.18. The van der Waals surface area contributed by atoms with E-state index in [9.17, 15) is 12.8 Å². The Hall–Kier alpha value is -1.76. The molecule has 0 N–H and O–H groups in total. The van der Waals surface area contributed by atoms with Crippen LogP contribution in [0.15, 0.2) is 35.5 Å². The number of sulfone groups is 1. The van der Waals surface area contributed by atoms with Gasteiger partial charge in [0.1, 0.15) is 23.7 Å². The molecule has 1 aromatic carbocycles. The van der Waals surface area contributed by atoms with Crippen LogP contribution in [0.25, 0.3) is 0 Å². The lowest BCUT2D eigenvalue weighted by Gasteiger charge is -2.05. The maximum atomic E-state index is 12.7. The van der Waals surface area contributed by atoms with E-state index in [1.807, 2.05) is 6.92 Å². The fraction of sp³-hybridized carbons (Fsp3) is 0.273. The third-order valence-corrected chi connectivity index (χ3v) is 4.12. The van der Waals surface area contributed by atoms with Crippen molar-refractivity contribution < 1.29 is 12.8 Å². The van der Waals surface area contributed by atoms with Gasteiger partial charge in [0.05, 0.1) is 4.90 Å². The van der Waals surface area contributed by atoms with Gasteiger partial charge in [0.15, 0.2) is 9.84 Å². The molecule has 5 nitrogen and oxygen atoms in total. The predicted molar refractivity (Wildman–Crippen MR) is 63.0 cm³/mol. The zero-order valence-electron chi connectivity index (χ0n) is 9.75. The first-order chi connectivity index (χ1) is 8.53. The van der Waals surface area contributed by atoms with Crippen molar-refractivity contribution in [3.8, 4) is 0 Å². The molecule has 0 saturated heterocycles. The summed E-state index contributed by atoms with van der Waals surface area (Å²) in [7, 11) is -3.52. The molecule has 0 atom stereocenters. The lowest BCUT2D eigenvalue weighted by molar-refractivity contribution is 0.583. The average molecular weight is 269 g/mol. The largest absolute Gasteiger partial charge is 0.249 e. The van der Waals surface area contributed by atoms with E-state index in [1.165, 1.54) is 23.1 Å². The van der Waals surface area contributed by atoms with Crippen LogP contribution in [0.4, 0.5) is 4.39 Å². The van der Waals surface area contributed by atoms with E-state index in [2.05, 4.69) is 10.1 Å². The van der Waals surface area contributed by atoms with Crippen LogP contribution in [0, 0.1) is 5.82 Å². The first-order valence-electron chi connectivity index (χ1n) is 5.38. The van der Waals surface area contributed by atoms with Crippen molar-refractivity contribution in [2.45, 2.75) is 24.1 Å². The Morgan fingerprint density at radius 1 is 1.28 bits per heavy atom. The van der Waals surface area contributed by atoms with E-state index < -0.39 is 15.7 Å². The fourth-order valence-corrected chi connectivity index (χ4v) is 2.84. The second-order valence-electron chi connectivity index (χ2n) is 3.71. The van der Waals surface area contributed by atoms with Gasteiger partial charge in [0, 0.05) is 6.54 Å². The normalized spacial score (nSPS) is 11.7. The molecule has 7 heteroatoms. The molecule has 2 rings (SSSR count). The summed E-state index contributed by atoms with van der Waals surface area (Å²) in [6, 6.07) is 4.74. The van der Waals surface area contributed by atoms with Crippen molar-refractivity contribution in [1.82, 2.24) is 14.8 Å². The summed E-state index contributed by atoms with van der Waals surface area (Å²) in [5, 5.41) is 3.91. The van der Waals surface area contributed by atoms with E-state index in [0.29, 0.717) is 12.4 Å². The smallest absolute Gasteiger partial charge is 0.185 e. The predicted octanol–water partition coefficient (Wildman–Crippen LogP) is 1.41. The molecule has 0 saturated carbocycles. The molecule has 0 aliphatic carbocycles. The second kappa shape index (κ2) is 4.85. The Bertz CT molecular complexity index is 635. The van der Waals surface area contributed by atoms with Gasteiger partial charge >= 0.3 is 0 Å². The number of nitrogens with zero attached hydrogens (tertiary/aromatic N) is 3. The number of aryl methyl sites for hydroxylation is 1. The quantitative estimate of drug-likeness (QED) is 0.787. The third-order valence-electron chi connectivity index (χ3n) is 2.49. The number of hydrogen-bond acceptors (Lipinski definition) is 4. The van der Waals surface area contributed by atoms with Gasteiger partial charge in [-0.05, 0) is 31.2 Å². The lowest BCUT2D eigenvalue weighted by Crippen LogP contribution is -2.11. The van der Waals surface area contributed by atoms with Crippen LogP contribution in [0.3, 0.4) is 0 Å². The summed E-state index contributed by atoms with van der Waals surface area (Å²) in [6.07, 6.45) is 1.32. The highest BCUT2D eigenvalue weighted by atomic mass is 32.2. The van der Waals surface area contributed by atoms with Crippen molar-refractivity contribution in [1.29, 1.82) is 0 Å². The van der Waals surface area contributed by atoms with Crippen LogP contribution in [0.5, 0.6) is 0 Å². The molecule has 1 heterocycles. The summed E-state index contributed by atoms with van der Waals surface area (Å²) >= 11 is 0. The Morgan fingerprint density at radius 2 is 1.94 bits per heavy atom. The van der Waals surface area contributed by atoms with Gasteiger partial charge < -0.3 is 0 Å². The molecule has 0 amide bonds. The van der Waals surface area contributed by atoms with Crippen molar-refractivity contribution in [3.05, 3.63) is 42.2 Å². The Morgan fingerprint density at radius 3 is 2.56 bits per heavy atom. The number of halogens is 1. The minimum atomic E-state index is -3.52. The summed E-state index contributed by atoms with van der Waals surface area (Å²) in [5.41, 5.74) is 0. The molecule has 0 aliphatic rings. The van der Waals surface area contributed by atoms with Gasteiger partial charge in [-0.2, -0.15) is 5.10 Å². The zero-order valence-corrected chi connectivity index (χ0v) is 10.6. The van der Waals surface area contributed by atoms with Gasteiger partial charge in [-0.25, -0.2) is 22.5 Å². The van der Waals surface area contributed by atoms with E-state index in [-0.39, 0.29) is 10.6 Å². The van der Waals surface area contributed by atoms with E-state index in [4.69, 9.17) is 0 Å². The first kappa shape index (κ1) is 12.7. The van der Waals surface area contributed by atoms with E-state index >= 15 is 0 Å². The molecule has 2 aromatic rings. The number of rotatable bonds is 4. The first-order valence-corrected chi connectivity index (χ1v) is 7.03. The molecule has 18 heavy (non-hydrogen) atoms. The van der Waals surface area contributed by atoms with Crippen molar-refractivity contribution in [2.24, 2.45) is 0 Å². The Kier molecular flexibility index (Phi) is 3.42. The van der Waals surface area contributed by atoms with Gasteiger partial charge in [0.2, 0.25) is 0 Å². The van der Waals surface area contributed by atoms with Crippen molar-refractivity contribution in [3.63, 3.8) is 0 Å². The minimum absolute atomic E-state index is 0.0783. The Balaban J connectivity index is 2.30. The number of benzene rings is 1. The summed E-state index contributed by atoms with van der Waals surface area (Å²) in [5.74, 6) is -0.334. The monoisotopic (exact) mass is 269 g/mol. The molecule has 0 spiro atoms. The van der Waals surface area contributed by atoms with E-state index in [1.54, 1.807) is 0 Å². The van der Waals surface area contributed by atoms with Crippen LogP contribution in [-0.4, -0.2) is 23.2 Å². The highest BCUT2D eigenvalue weighted by molar-refractivity contribution is 7.90. The van der Waals surface area contributed by atoms with Gasteiger partial charge in [-0.3, -0.25) is 0 Å². The molecule has 0 aliphatic heterocycles. The fourth-order valence-electron chi connectivity index (χ4n) is 1.56. The van der Waals surface area contributed by atoms with Crippen LogP contribution >= 0.6 is 0 Å². The van der Waals surface area contributed by atoms with Crippen LogP contribution in [-0.2, 0) is 22.1 Å². The van der Waals surface area contributed by atoms with Gasteiger partial charge in [0.25, 0.3) is 0 Å². The van der Waals surface area contributed by atoms with Gasteiger partial charge in [-0.15, -0.1) is 0 Å². The van der Waals surface area contributed by atoms with E-state index in [0.717, 1.165) is 12.1 Å². The molecule has 96 valence electrons. The summed E-state index contributed by atoms with van der Waals surface area (Å²) in [6.45, 7) is 2.40. The highest BCUT2D eigenvalue weighted by Crippen LogP contribution is 2.15. The SMILES string of the molecule is CCn1ncnc1CS(=O)(=O)c1ccc(F)cc1. The molecular weight excluding hydrogens is 257 g/mol. The zero-order chi connectivity index (χ0) is 13.2. The standard InChI is InChI=1S/C11H12FN3O2S/c1-2-15-11(13-8-14-15)7-18(16,17)10-5-3-9(12)4-6-10/h3-6,8H,2,7H2,1H3. The van der Waals surface area contributed by atoms with Crippen LogP contribution in [0.1, 0.15) is 12.7 Å². The minimum Gasteiger partial charge on any atom is -0.249 e. The van der Waals surface area contributed by atoms with Crippen LogP contribution in [0.2, 0.25) is 0 Å². The maximum absolute atomic E-state index is 12.7. The summed E-state index contributed by atoms with van der Waals surface area (Å²) in [4.78, 5) is 3.99. The van der Waals surface area contributed by atoms with Gasteiger partial charge in [-0.1, -0.05) is 0 Å². The Labute approximate surface area is 104 Å². The van der Waals surface area contributed by atoms with Crippen molar-refractivity contribution >= 4 is 9.84 Å². The number of aromatic nitrogens is 3. The maximum Gasteiger partial charge on any atom is 0.185 e. The molecule has 0 unspecified atom stereocenters. The average Bonchev–Trinajstić information content (AvgIpc) is 2.76. The molecule has 0 radical (unpaired) electrons.